The van der Waals surface area contributed by atoms with Crippen LogP contribution in [0, 0.1) is 0 Å². The van der Waals surface area contributed by atoms with E-state index in [2.05, 4.69) is 19.9 Å². The number of benzene rings is 1. The van der Waals surface area contributed by atoms with Gasteiger partial charge in [-0.25, -0.2) is 0 Å². The van der Waals surface area contributed by atoms with E-state index in [0.717, 1.165) is 0 Å². The Labute approximate surface area is 111 Å². The number of fused-ring (bicyclic) bond motifs is 1. The lowest BCUT2D eigenvalue weighted by Gasteiger charge is -2.04. The van der Waals surface area contributed by atoms with Crippen molar-refractivity contribution >= 4 is 11.6 Å². The number of carbonyl (C=O) groups is 1. The quantitative estimate of drug-likeness (QED) is 0.914. The molecule has 0 aliphatic carbocycles. The number of nitrogens with one attached hydrogen (secondary N) is 1. The number of hydrogen-bond acceptors (Lipinski definition) is 4. The molecule has 20 heavy (non-hydrogen) atoms. The predicted molar refractivity (Wildman–Crippen MR) is 63.8 cm³/mol. The highest BCUT2D eigenvalue weighted by Crippen LogP contribution is 2.42. The first-order valence-electron chi connectivity index (χ1n) is 5.63. The van der Waals surface area contributed by atoms with Crippen LogP contribution in [0.25, 0.3) is 0 Å². The molecule has 0 fully saturated rings. The van der Waals surface area contributed by atoms with Gasteiger partial charge in [0.1, 0.15) is 0 Å². The highest BCUT2D eigenvalue weighted by molar-refractivity contribution is 6.04. The normalized spacial score (nSPS) is 15.2. The zero-order valence-electron chi connectivity index (χ0n) is 10.3. The number of halogens is 2. The summed E-state index contributed by atoms with van der Waals surface area (Å²) < 4.78 is 35.8. The molecule has 0 bridgehead atoms. The number of anilines is 1. The minimum Gasteiger partial charge on any atom is -0.395 e. The van der Waals surface area contributed by atoms with Crippen molar-refractivity contribution in [3.8, 4) is 11.5 Å². The van der Waals surface area contributed by atoms with E-state index in [0.29, 0.717) is 11.3 Å². The van der Waals surface area contributed by atoms with Crippen LogP contribution in [0.5, 0.6) is 11.5 Å². The van der Waals surface area contributed by atoms with Crippen LogP contribution in [0.1, 0.15) is 10.4 Å². The standard InChI is InChI=1S/C12H9F2N3O3/c1-17-6-7(5-15-17)11(18)16-8-2-3-9-10(4-8)20-12(13,14)19-9/h2-6H,1H3,(H,16,18). The van der Waals surface area contributed by atoms with Crippen LogP contribution in [0.4, 0.5) is 14.5 Å². The van der Waals surface area contributed by atoms with Crippen molar-refractivity contribution < 1.29 is 23.0 Å². The van der Waals surface area contributed by atoms with Gasteiger partial charge in [-0.15, -0.1) is 8.78 Å². The fraction of sp³-hybridized carbons (Fsp3) is 0.167. The van der Waals surface area contributed by atoms with E-state index in [1.807, 2.05) is 0 Å². The molecule has 0 unspecified atom stereocenters. The van der Waals surface area contributed by atoms with E-state index in [9.17, 15) is 13.6 Å². The summed E-state index contributed by atoms with van der Waals surface area (Å²) in [6.45, 7) is 0. The molecule has 0 atom stereocenters. The van der Waals surface area contributed by atoms with Gasteiger partial charge >= 0.3 is 6.29 Å². The third-order valence-corrected chi connectivity index (χ3v) is 2.63. The molecule has 1 aliphatic rings. The van der Waals surface area contributed by atoms with Gasteiger partial charge in [-0.2, -0.15) is 5.10 Å². The number of amides is 1. The second-order valence-electron chi connectivity index (χ2n) is 4.19. The van der Waals surface area contributed by atoms with Crippen molar-refractivity contribution in [1.82, 2.24) is 9.78 Å². The Hall–Kier alpha value is -2.64. The van der Waals surface area contributed by atoms with Gasteiger partial charge in [0.15, 0.2) is 11.5 Å². The van der Waals surface area contributed by atoms with Gasteiger partial charge < -0.3 is 14.8 Å². The Kier molecular flexibility index (Phi) is 2.60. The average Bonchev–Trinajstić information content (AvgIpc) is 2.90. The second-order valence-corrected chi connectivity index (χ2v) is 4.19. The van der Waals surface area contributed by atoms with E-state index < -0.39 is 12.2 Å². The molecule has 0 saturated heterocycles. The van der Waals surface area contributed by atoms with Gasteiger partial charge in [-0.1, -0.05) is 0 Å². The summed E-state index contributed by atoms with van der Waals surface area (Å²) in [5.41, 5.74) is 0.675. The Balaban J connectivity index is 1.78. The minimum atomic E-state index is -3.67. The predicted octanol–water partition coefficient (Wildman–Crippen LogP) is 1.99. The van der Waals surface area contributed by atoms with Crippen molar-refractivity contribution in [2.45, 2.75) is 6.29 Å². The molecular formula is C12H9F2N3O3. The maximum atomic E-state index is 12.9. The molecule has 8 heteroatoms. The Morgan fingerprint density at radius 1 is 1.35 bits per heavy atom. The van der Waals surface area contributed by atoms with Crippen molar-refractivity contribution in [3.05, 3.63) is 36.2 Å². The molecule has 0 radical (unpaired) electrons. The fourth-order valence-corrected chi connectivity index (χ4v) is 1.77. The lowest BCUT2D eigenvalue weighted by molar-refractivity contribution is -0.286. The smallest absolute Gasteiger partial charge is 0.395 e. The summed E-state index contributed by atoms with van der Waals surface area (Å²) in [5, 5.41) is 6.42. The van der Waals surface area contributed by atoms with Crippen LogP contribution in [0.2, 0.25) is 0 Å². The largest absolute Gasteiger partial charge is 0.586 e. The lowest BCUT2D eigenvalue weighted by Crippen LogP contribution is -2.25. The summed E-state index contributed by atoms with van der Waals surface area (Å²) >= 11 is 0. The molecule has 0 spiro atoms. The maximum Gasteiger partial charge on any atom is 0.586 e. The summed E-state index contributed by atoms with van der Waals surface area (Å²) in [6.07, 6.45) is -0.735. The minimum absolute atomic E-state index is 0.0747. The van der Waals surface area contributed by atoms with Gasteiger partial charge in [0.05, 0.1) is 11.8 Å². The SMILES string of the molecule is Cn1cc(C(=O)Nc2ccc3c(c2)OC(F)(F)O3)cn1. The Bertz CT molecular complexity index is 684. The lowest BCUT2D eigenvalue weighted by atomic mass is 10.2. The molecular weight excluding hydrogens is 272 g/mol. The number of carbonyl (C=O) groups excluding carboxylic acids is 1. The van der Waals surface area contributed by atoms with E-state index in [4.69, 9.17) is 0 Å². The van der Waals surface area contributed by atoms with Crippen molar-refractivity contribution in [2.75, 3.05) is 5.32 Å². The first kappa shape index (κ1) is 12.4. The van der Waals surface area contributed by atoms with Gasteiger partial charge in [0.25, 0.3) is 5.91 Å². The van der Waals surface area contributed by atoms with Crippen LogP contribution in [-0.2, 0) is 7.05 Å². The molecule has 2 aromatic rings. The third-order valence-electron chi connectivity index (χ3n) is 2.63. The molecule has 0 saturated carbocycles. The van der Waals surface area contributed by atoms with E-state index >= 15 is 0 Å². The van der Waals surface area contributed by atoms with Crippen molar-refractivity contribution in [2.24, 2.45) is 7.05 Å². The molecule has 1 aliphatic heterocycles. The van der Waals surface area contributed by atoms with E-state index in [-0.39, 0.29) is 11.5 Å². The summed E-state index contributed by atoms with van der Waals surface area (Å²) in [6, 6.07) is 4.01. The number of aryl methyl sites for hydroxylation is 1. The summed E-state index contributed by atoms with van der Waals surface area (Å²) in [5.74, 6) is -0.600. The van der Waals surface area contributed by atoms with Gasteiger partial charge in [-0.05, 0) is 12.1 Å². The molecule has 6 nitrogen and oxygen atoms in total. The number of nitrogens with zero attached hydrogens (tertiary/aromatic N) is 2. The van der Waals surface area contributed by atoms with Gasteiger partial charge in [0, 0.05) is 25.0 Å². The van der Waals surface area contributed by atoms with Crippen molar-refractivity contribution in [1.29, 1.82) is 0 Å². The topological polar surface area (TPSA) is 65.4 Å². The van der Waals surface area contributed by atoms with Crippen LogP contribution < -0.4 is 14.8 Å². The number of hydrogen-bond donors (Lipinski definition) is 1. The fourth-order valence-electron chi connectivity index (χ4n) is 1.77. The van der Waals surface area contributed by atoms with E-state index in [1.165, 1.54) is 35.3 Å². The van der Waals surface area contributed by atoms with Crippen LogP contribution in [0.15, 0.2) is 30.6 Å². The molecule has 1 aromatic heterocycles. The number of ether oxygens (including phenoxy) is 2. The first-order chi connectivity index (χ1) is 9.43. The highest BCUT2D eigenvalue weighted by Gasteiger charge is 2.43. The number of alkyl halides is 2. The van der Waals surface area contributed by atoms with Gasteiger partial charge in [-0.3, -0.25) is 9.48 Å². The molecule has 2 heterocycles. The zero-order chi connectivity index (χ0) is 14.3. The monoisotopic (exact) mass is 281 g/mol. The summed E-state index contributed by atoms with van der Waals surface area (Å²) in [7, 11) is 1.68. The van der Waals surface area contributed by atoms with Gasteiger partial charge in [0.2, 0.25) is 0 Å². The molecule has 1 amide bonds. The maximum absolute atomic E-state index is 12.9. The van der Waals surface area contributed by atoms with Crippen LogP contribution in [0.3, 0.4) is 0 Å². The van der Waals surface area contributed by atoms with Crippen molar-refractivity contribution in [3.63, 3.8) is 0 Å². The number of aromatic nitrogens is 2. The van der Waals surface area contributed by atoms with Crippen LogP contribution in [-0.4, -0.2) is 22.0 Å². The van der Waals surface area contributed by atoms with E-state index in [1.54, 1.807) is 7.05 Å². The molecule has 104 valence electrons. The molecule has 1 N–H and O–H groups in total. The van der Waals surface area contributed by atoms with Crippen LogP contribution >= 0.6 is 0 Å². The third kappa shape index (κ3) is 2.27. The zero-order valence-corrected chi connectivity index (χ0v) is 10.3. The highest BCUT2D eigenvalue weighted by atomic mass is 19.3. The first-order valence-corrected chi connectivity index (χ1v) is 5.63. The molecule has 3 rings (SSSR count). The number of rotatable bonds is 2. The average molecular weight is 281 g/mol. The Morgan fingerprint density at radius 3 is 2.80 bits per heavy atom. The second kappa shape index (κ2) is 4.19. The summed E-state index contributed by atoms with van der Waals surface area (Å²) in [4.78, 5) is 11.9. The Morgan fingerprint density at radius 2 is 2.10 bits per heavy atom. The molecule has 1 aromatic carbocycles.